The van der Waals surface area contributed by atoms with E-state index < -0.39 is 34.7 Å². The average Bonchev–Trinajstić information content (AvgIpc) is 3.09. The molecule has 2 aromatic carbocycles. The number of carbonyl (C=O) groups excluding carboxylic acids is 2. The summed E-state index contributed by atoms with van der Waals surface area (Å²) in [7, 11) is 1.56. The fourth-order valence-corrected chi connectivity index (χ4v) is 4.92. The van der Waals surface area contributed by atoms with Crippen molar-refractivity contribution < 1.29 is 14.3 Å². The first-order valence-electron chi connectivity index (χ1n) is 10.5. The Kier molecular flexibility index (Phi) is 5.04. The van der Waals surface area contributed by atoms with Crippen LogP contribution in [0.15, 0.2) is 53.6 Å². The van der Waals surface area contributed by atoms with Gasteiger partial charge in [-0.3, -0.25) is 14.6 Å². The van der Waals surface area contributed by atoms with Crippen molar-refractivity contribution in [2.24, 2.45) is 21.7 Å². The molecule has 1 amide bonds. The summed E-state index contributed by atoms with van der Waals surface area (Å²) in [5.74, 6) is -1.06. The number of rotatable bonds is 4. The SMILES string of the molecule is COc1ccc(C2C(C(=O)C(C)(C)C)N3N=Cc4ccccc4C3C2(C#N)C(N)=O)cc1. The molecule has 32 heavy (non-hydrogen) atoms. The first-order valence-corrected chi connectivity index (χ1v) is 10.5. The van der Waals surface area contributed by atoms with Gasteiger partial charge >= 0.3 is 0 Å². The molecule has 0 aromatic heterocycles. The lowest BCUT2D eigenvalue weighted by molar-refractivity contribution is -0.131. The van der Waals surface area contributed by atoms with Gasteiger partial charge in [-0.1, -0.05) is 57.2 Å². The minimum absolute atomic E-state index is 0.113. The van der Waals surface area contributed by atoms with Gasteiger partial charge in [0, 0.05) is 11.3 Å². The molecule has 0 spiro atoms. The van der Waals surface area contributed by atoms with Crippen molar-refractivity contribution in [3.8, 4) is 11.8 Å². The summed E-state index contributed by atoms with van der Waals surface area (Å²) in [6, 6.07) is 15.2. The van der Waals surface area contributed by atoms with Crippen LogP contribution < -0.4 is 10.5 Å². The van der Waals surface area contributed by atoms with Gasteiger partial charge in [0.1, 0.15) is 17.8 Å². The Morgan fingerprint density at radius 1 is 1.16 bits per heavy atom. The van der Waals surface area contributed by atoms with Crippen LogP contribution in [0, 0.1) is 22.2 Å². The molecule has 4 unspecified atom stereocenters. The quantitative estimate of drug-likeness (QED) is 0.801. The van der Waals surface area contributed by atoms with Crippen LogP contribution in [0.25, 0.3) is 0 Å². The molecule has 2 aliphatic heterocycles. The number of nitriles is 1. The number of ketones is 1. The van der Waals surface area contributed by atoms with Crippen molar-refractivity contribution in [1.82, 2.24) is 5.01 Å². The molecule has 1 fully saturated rings. The second-order valence-corrected chi connectivity index (χ2v) is 9.31. The van der Waals surface area contributed by atoms with Crippen molar-refractivity contribution in [2.45, 2.75) is 38.8 Å². The molecule has 0 saturated carbocycles. The van der Waals surface area contributed by atoms with Crippen LogP contribution in [-0.2, 0) is 9.59 Å². The van der Waals surface area contributed by atoms with Crippen LogP contribution in [0.4, 0.5) is 0 Å². The monoisotopic (exact) mass is 430 g/mol. The number of hydrogen-bond acceptors (Lipinski definition) is 6. The van der Waals surface area contributed by atoms with E-state index in [1.165, 1.54) is 0 Å². The predicted molar refractivity (Wildman–Crippen MR) is 120 cm³/mol. The number of primary amides is 1. The summed E-state index contributed by atoms with van der Waals surface area (Å²) in [5, 5.41) is 16.7. The maximum Gasteiger partial charge on any atom is 0.241 e. The molecule has 2 N–H and O–H groups in total. The molecular formula is C25H26N4O3. The van der Waals surface area contributed by atoms with Crippen LogP contribution in [0.2, 0.25) is 0 Å². The van der Waals surface area contributed by atoms with Crippen molar-refractivity contribution in [3.05, 3.63) is 65.2 Å². The smallest absolute Gasteiger partial charge is 0.241 e. The average molecular weight is 431 g/mol. The normalized spacial score (nSPS) is 26.1. The maximum atomic E-state index is 13.8. The van der Waals surface area contributed by atoms with Crippen molar-refractivity contribution in [3.63, 3.8) is 0 Å². The Morgan fingerprint density at radius 3 is 2.38 bits per heavy atom. The van der Waals surface area contributed by atoms with E-state index in [0.717, 1.165) is 11.1 Å². The number of amides is 1. The molecule has 2 heterocycles. The van der Waals surface area contributed by atoms with Crippen molar-refractivity contribution in [2.75, 3.05) is 7.11 Å². The number of carbonyl (C=O) groups is 2. The van der Waals surface area contributed by atoms with E-state index >= 15 is 0 Å². The highest BCUT2D eigenvalue weighted by Gasteiger charge is 2.67. The Hall–Kier alpha value is -3.66. The highest BCUT2D eigenvalue weighted by Crippen LogP contribution is 2.60. The van der Waals surface area contributed by atoms with E-state index in [-0.39, 0.29) is 5.78 Å². The molecule has 4 atom stereocenters. The summed E-state index contributed by atoms with van der Waals surface area (Å²) < 4.78 is 5.27. The van der Waals surface area contributed by atoms with Crippen LogP contribution in [0.5, 0.6) is 5.75 Å². The molecule has 0 radical (unpaired) electrons. The number of ether oxygens (including phenoxy) is 1. The molecule has 0 aliphatic carbocycles. The third kappa shape index (κ3) is 2.98. The van der Waals surface area contributed by atoms with Crippen LogP contribution in [0.3, 0.4) is 0 Å². The highest BCUT2D eigenvalue weighted by atomic mass is 16.5. The van der Waals surface area contributed by atoms with Gasteiger partial charge in [0.15, 0.2) is 11.2 Å². The van der Waals surface area contributed by atoms with E-state index in [2.05, 4.69) is 11.2 Å². The summed E-state index contributed by atoms with van der Waals surface area (Å²) in [4.78, 5) is 26.9. The van der Waals surface area contributed by atoms with Crippen LogP contribution in [0.1, 0.15) is 49.4 Å². The number of hydrazone groups is 1. The zero-order valence-electron chi connectivity index (χ0n) is 18.6. The molecule has 164 valence electrons. The number of Topliss-reactive ketones (excluding diaryl/α,β-unsaturated/α-hetero) is 1. The standard InChI is InChI=1S/C25H26N4O3/c1-24(2,3)22(30)20-19(15-9-11-17(32-4)12-10-15)25(14-26,23(27)31)21-18-8-6-5-7-16(18)13-28-29(20)21/h5-13,19-21H,1-4H3,(H2,27,31). The van der Waals surface area contributed by atoms with Crippen LogP contribution in [-0.4, -0.2) is 36.1 Å². The third-order valence-electron chi connectivity index (χ3n) is 6.48. The van der Waals surface area contributed by atoms with Gasteiger partial charge in [0.05, 0.1) is 19.4 Å². The minimum atomic E-state index is -1.70. The molecule has 2 aliphatic rings. The number of hydrogen-bond donors (Lipinski definition) is 1. The molecule has 0 bridgehead atoms. The van der Waals surface area contributed by atoms with Gasteiger partial charge in [-0.05, 0) is 28.8 Å². The first kappa shape index (κ1) is 21.6. The Bertz CT molecular complexity index is 1140. The van der Waals surface area contributed by atoms with E-state index in [9.17, 15) is 14.9 Å². The van der Waals surface area contributed by atoms with Gasteiger partial charge < -0.3 is 10.5 Å². The summed E-state index contributed by atoms with van der Waals surface area (Å²) in [5.41, 5.74) is 5.78. The van der Waals surface area contributed by atoms with Gasteiger partial charge in [-0.2, -0.15) is 10.4 Å². The highest BCUT2D eigenvalue weighted by molar-refractivity contribution is 5.96. The molecule has 2 aromatic rings. The van der Waals surface area contributed by atoms with Gasteiger partial charge in [-0.25, -0.2) is 0 Å². The fraction of sp³-hybridized carbons (Fsp3) is 0.360. The number of fused-ring (bicyclic) bond motifs is 3. The third-order valence-corrected chi connectivity index (χ3v) is 6.48. The van der Waals surface area contributed by atoms with Gasteiger partial charge in [-0.15, -0.1) is 0 Å². The van der Waals surface area contributed by atoms with Crippen molar-refractivity contribution in [1.29, 1.82) is 5.26 Å². The lowest BCUT2D eigenvalue weighted by Gasteiger charge is -2.35. The first-order chi connectivity index (χ1) is 15.2. The van der Waals surface area contributed by atoms with E-state index in [1.807, 2.05) is 45.0 Å². The minimum Gasteiger partial charge on any atom is -0.497 e. The predicted octanol–water partition coefficient (Wildman–Crippen LogP) is 3.16. The van der Waals surface area contributed by atoms with Crippen LogP contribution >= 0.6 is 0 Å². The zero-order valence-corrected chi connectivity index (χ0v) is 18.6. The lowest BCUT2D eigenvalue weighted by Crippen LogP contribution is -2.45. The zero-order chi connectivity index (χ0) is 23.3. The maximum absolute atomic E-state index is 13.8. The fourth-order valence-electron chi connectivity index (χ4n) is 4.92. The largest absolute Gasteiger partial charge is 0.497 e. The molecule has 1 saturated heterocycles. The second kappa shape index (κ2) is 7.49. The lowest BCUT2D eigenvalue weighted by atomic mass is 9.65. The number of benzene rings is 2. The summed E-state index contributed by atoms with van der Waals surface area (Å²) >= 11 is 0. The topological polar surface area (TPSA) is 109 Å². The summed E-state index contributed by atoms with van der Waals surface area (Å²) in [6.45, 7) is 5.48. The van der Waals surface area contributed by atoms with Gasteiger partial charge in [0.2, 0.25) is 5.91 Å². The molecular weight excluding hydrogens is 404 g/mol. The molecule has 7 heteroatoms. The number of nitrogens with zero attached hydrogens (tertiary/aromatic N) is 3. The van der Waals surface area contributed by atoms with E-state index in [1.54, 1.807) is 42.6 Å². The van der Waals surface area contributed by atoms with E-state index in [0.29, 0.717) is 11.3 Å². The Balaban J connectivity index is 2.03. The Labute approximate surface area is 187 Å². The molecule has 7 nitrogen and oxygen atoms in total. The van der Waals surface area contributed by atoms with Crippen molar-refractivity contribution >= 4 is 17.9 Å². The van der Waals surface area contributed by atoms with E-state index in [4.69, 9.17) is 10.5 Å². The second-order valence-electron chi connectivity index (χ2n) is 9.31. The summed E-state index contributed by atoms with van der Waals surface area (Å²) in [6.07, 6.45) is 1.67. The number of nitrogens with two attached hydrogens (primary N) is 1. The van der Waals surface area contributed by atoms with Gasteiger partial charge in [0.25, 0.3) is 0 Å². The Morgan fingerprint density at radius 2 is 1.81 bits per heavy atom. The number of methoxy groups -OCH3 is 1. The molecule has 4 rings (SSSR count).